The van der Waals surface area contributed by atoms with E-state index in [2.05, 4.69) is 29.2 Å². The van der Waals surface area contributed by atoms with E-state index in [0.29, 0.717) is 5.92 Å². The van der Waals surface area contributed by atoms with Crippen LogP contribution in [-0.2, 0) is 19.6 Å². The van der Waals surface area contributed by atoms with Gasteiger partial charge in [0.2, 0.25) is 0 Å². The van der Waals surface area contributed by atoms with Crippen LogP contribution in [0.3, 0.4) is 0 Å². The first-order chi connectivity index (χ1) is 13.2. The molecular weight excluding hydrogens is 340 g/mol. The van der Waals surface area contributed by atoms with E-state index in [-0.39, 0.29) is 5.91 Å². The molecule has 27 heavy (non-hydrogen) atoms. The molecule has 1 fully saturated rings. The van der Waals surface area contributed by atoms with Crippen LogP contribution in [-0.4, -0.2) is 61.4 Å². The van der Waals surface area contributed by atoms with Crippen molar-refractivity contribution in [3.63, 3.8) is 0 Å². The van der Waals surface area contributed by atoms with E-state index in [0.717, 1.165) is 70.0 Å². The molecule has 0 N–H and O–H groups in total. The van der Waals surface area contributed by atoms with Crippen molar-refractivity contribution in [1.29, 1.82) is 0 Å². The minimum Gasteiger partial charge on any atom is -0.338 e. The number of rotatable bonds is 5. The van der Waals surface area contributed by atoms with Gasteiger partial charge in [-0.05, 0) is 45.7 Å². The highest BCUT2D eigenvalue weighted by Gasteiger charge is 2.28. The van der Waals surface area contributed by atoms with E-state index < -0.39 is 0 Å². The molecule has 4 rings (SSSR count). The molecule has 1 unspecified atom stereocenters. The van der Waals surface area contributed by atoms with Gasteiger partial charge in [-0.25, -0.2) is 0 Å². The van der Waals surface area contributed by atoms with Crippen molar-refractivity contribution in [2.75, 3.05) is 26.2 Å². The molecule has 1 amide bonds. The van der Waals surface area contributed by atoms with Crippen molar-refractivity contribution < 1.29 is 4.79 Å². The second-order valence-electron chi connectivity index (χ2n) is 7.69. The Bertz CT molecular complexity index is 794. The van der Waals surface area contributed by atoms with Crippen LogP contribution < -0.4 is 0 Å². The summed E-state index contributed by atoms with van der Waals surface area (Å²) < 4.78 is 3.92. The highest BCUT2D eigenvalue weighted by Crippen LogP contribution is 2.28. The van der Waals surface area contributed by atoms with Gasteiger partial charge in [-0.3, -0.25) is 19.1 Å². The average molecular weight is 371 g/mol. The maximum Gasteiger partial charge on any atom is 0.272 e. The van der Waals surface area contributed by atoms with Crippen LogP contribution in [0.4, 0.5) is 0 Å². The number of carbonyl (C=O) groups is 1. The molecular formula is C20H30N6O. The number of hydrogen-bond donors (Lipinski definition) is 0. The van der Waals surface area contributed by atoms with Gasteiger partial charge < -0.3 is 4.90 Å². The summed E-state index contributed by atoms with van der Waals surface area (Å²) in [6.45, 7) is 10.5. The Balaban J connectivity index is 1.47. The largest absolute Gasteiger partial charge is 0.338 e. The van der Waals surface area contributed by atoms with Gasteiger partial charge in [0.05, 0.1) is 11.9 Å². The second-order valence-corrected chi connectivity index (χ2v) is 7.69. The quantitative estimate of drug-likeness (QED) is 0.811. The summed E-state index contributed by atoms with van der Waals surface area (Å²) in [7, 11) is 0. The van der Waals surface area contributed by atoms with Crippen LogP contribution >= 0.6 is 0 Å². The zero-order valence-electron chi connectivity index (χ0n) is 16.5. The van der Waals surface area contributed by atoms with E-state index in [1.807, 2.05) is 27.4 Å². The van der Waals surface area contributed by atoms with Crippen molar-refractivity contribution in [1.82, 2.24) is 29.4 Å². The summed E-state index contributed by atoms with van der Waals surface area (Å²) in [6, 6.07) is 2.06. The maximum atomic E-state index is 12.7. The fourth-order valence-corrected chi connectivity index (χ4v) is 4.32. The fourth-order valence-electron chi connectivity index (χ4n) is 4.32. The lowest BCUT2D eigenvalue weighted by atomic mass is 9.94. The highest BCUT2D eigenvalue weighted by molar-refractivity contribution is 5.93. The predicted octanol–water partition coefficient (Wildman–Crippen LogP) is 2.34. The summed E-state index contributed by atoms with van der Waals surface area (Å²) in [5.41, 5.74) is 3.13. The standard InChI is InChI=1S/C20H30N6O/c1-3-24-9-6-10-26-19(20(24)27)11-18(22-26)17-7-5-8-23(15-17)13-16-12-21-25(4-2)14-16/h11-12,14,17H,3-10,13,15H2,1-2H3. The van der Waals surface area contributed by atoms with Gasteiger partial charge in [-0.15, -0.1) is 0 Å². The Morgan fingerprint density at radius 2 is 2.04 bits per heavy atom. The van der Waals surface area contributed by atoms with E-state index in [1.54, 1.807) is 0 Å². The molecule has 1 saturated heterocycles. The van der Waals surface area contributed by atoms with E-state index in [9.17, 15) is 4.79 Å². The van der Waals surface area contributed by atoms with Crippen molar-refractivity contribution in [2.45, 2.75) is 58.7 Å². The molecule has 0 aliphatic carbocycles. The number of aromatic nitrogens is 4. The third-order valence-electron chi connectivity index (χ3n) is 5.83. The molecule has 2 aliphatic rings. The lowest BCUT2D eigenvalue weighted by Gasteiger charge is -2.31. The Labute approximate surface area is 160 Å². The SMILES string of the molecule is CCN1CCCn2nc(C3CCCN(Cc4cnn(CC)c4)C3)cc2C1=O. The van der Waals surface area contributed by atoms with Gasteiger partial charge in [0.1, 0.15) is 5.69 Å². The monoisotopic (exact) mass is 370 g/mol. The fraction of sp³-hybridized carbons (Fsp3) is 0.650. The lowest BCUT2D eigenvalue weighted by Crippen LogP contribution is -2.34. The van der Waals surface area contributed by atoms with Crippen LogP contribution in [0.1, 0.15) is 60.8 Å². The topological polar surface area (TPSA) is 59.2 Å². The van der Waals surface area contributed by atoms with Gasteiger partial charge in [0.15, 0.2) is 0 Å². The molecule has 0 aromatic carbocycles. The minimum atomic E-state index is 0.133. The Kier molecular flexibility index (Phi) is 5.29. The summed E-state index contributed by atoms with van der Waals surface area (Å²) in [5, 5.41) is 9.22. The van der Waals surface area contributed by atoms with Crippen LogP contribution in [0.2, 0.25) is 0 Å². The number of fused-ring (bicyclic) bond motifs is 1. The Hall–Kier alpha value is -2.15. The van der Waals surface area contributed by atoms with Gasteiger partial charge in [0.25, 0.3) is 5.91 Å². The average Bonchev–Trinajstić information content (AvgIpc) is 3.29. The number of aryl methyl sites for hydroxylation is 2. The summed E-state index contributed by atoms with van der Waals surface area (Å²) in [4.78, 5) is 17.2. The normalized spacial score (nSPS) is 21.3. The summed E-state index contributed by atoms with van der Waals surface area (Å²) >= 11 is 0. The zero-order valence-corrected chi connectivity index (χ0v) is 16.5. The molecule has 0 saturated carbocycles. The predicted molar refractivity (Wildman–Crippen MR) is 104 cm³/mol. The molecule has 0 bridgehead atoms. The number of piperidine rings is 1. The highest BCUT2D eigenvalue weighted by atomic mass is 16.2. The lowest BCUT2D eigenvalue weighted by molar-refractivity contribution is 0.0766. The first kappa shape index (κ1) is 18.2. The molecule has 4 heterocycles. The summed E-state index contributed by atoms with van der Waals surface area (Å²) in [6.07, 6.45) is 7.41. The molecule has 7 heteroatoms. The van der Waals surface area contributed by atoms with Crippen molar-refractivity contribution >= 4 is 5.91 Å². The summed E-state index contributed by atoms with van der Waals surface area (Å²) in [5.74, 6) is 0.538. The number of hydrogen-bond acceptors (Lipinski definition) is 4. The number of likely N-dealkylation sites (tertiary alicyclic amines) is 1. The molecule has 7 nitrogen and oxygen atoms in total. The number of carbonyl (C=O) groups excluding carboxylic acids is 1. The molecule has 0 radical (unpaired) electrons. The molecule has 2 aliphatic heterocycles. The molecule has 0 spiro atoms. The van der Waals surface area contributed by atoms with Gasteiger partial charge in [-0.2, -0.15) is 10.2 Å². The number of amides is 1. The Morgan fingerprint density at radius 3 is 2.81 bits per heavy atom. The van der Waals surface area contributed by atoms with Crippen LogP contribution in [0.5, 0.6) is 0 Å². The van der Waals surface area contributed by atoms with Gasteiger partial charge >= 0.3 is 0 Å². The molecule has 146 valence electrons. The first-order valence-electron chi connectivity index (χ1n) is 10.3. The van der Waals surface area contributed by atoms with Crippen molar-refractivity contribution in [3.05, 3.63) is 35.4 Å². The molecule has 1 atom stereocenters. The third kappa shape index (κ3) is 3.78. The number of nitrogens with zero attached hydrogens (tertiary/aromatic N) is 6. The van der Waals surface area contributed by atoms with Gasteiger partial charge in [0, 0.05) is 56.9 Å². The van der Waals surface area contributed by atoms with E-state index in [1.165, 1.54) is 12.0 Å². The first-order valence-corrected chi connectivity index (χ1v) is 10.3. The van der Waals surface area contributed by atoms with E-state index >= 15 is 0 Å². The van der Waals surface area contributed by atoms with Crippen LogP contribution in [0, 0.1) is 0 Å². The van der Waals surface area contributed by atoms with Gasteiger partial charge in [-0.1, -0.05) is 0 Å². The molecule has 2 aromatic heterocycles. The maximum absolute atomic E-state index is 12.7. The second kappa shape index (κ2) is 7.84. The van der Waals surface area contributed by atoms with Crippen LogP contribution in [0.15, 0.2) is 18.5 Å². The van der Waals surface area contributed by atoms with E-state index in [4.69, 9.17) is 5.10 Å². The Morgan fingerprint density at radius 1 is 1.15 bits per heavy atom. The smallest absolute Gasteiger partial charge is 0.272 e. The van der Waals surface area contributed by atoms with Crippen molar-refractivity contribution in [3.8, 4) is 0 Å². The minimum absolute atomic E-state index is 0.133. The molecule has 2 aromatic rings. The van der Waals surface area contributed by atoms with Crippen molar-refractivity contribution in [2.24, 2.45) is 0 Å². The zero-order chi connectivity index (χ0) is 18.8. The third-order valence-corrected chi connectivity index (χ3v) is 5.83. The van der Waals surface area contributed by atoms with Crippen LogP contribution in [0.25, 0.3) is 0 Å².